The van der Waals surface area contributed by atoms with Crippen LogP contribution in [0, 0.1) is 11.3 Å². The van der Waals surface area contributed by atoms with Crippen LogP contribution in [0.2, 0.25) is 0 Å². The topological polar surface area (TPSA) is 55.0 Å². The first-order valence-electron chi connectivity index (χ1n) is 8.77. The van der Waals surface area contributed by atoms with Gasteiger partial charge in [0, 0.05) is 6.07 Å². The molecule has 2 aliphatic rings. The van der Waals surface area contributed by atoms with Crippen molar-refractivity contribution in [3.63, 3.8) is 0 Å². The third-order valence-electron chi connectivity index (χ3n) is 5.64. The molecular formula is C19H24N2O2. The van der Waals surface area contributed by atoms with Gasteiger partial charge in [-0.3, -0.25) is 4.79 Å². The predicted molar refractivity (Wildman–Crippen MR) is 90.9 cm³/mol. The zero-order valence-corrected chi connectivity index (χ0v) is 13.7. The summed E-state index contributed by atoms with van der Waals surface area (Å²) in [7, 11) is 1.62. The van der Waals surface area contributed by atoms with Crippen LogP contribution in [-0.2, 0) is 6.42 Å². The number of fused-ring (bicyclic) bond motifs is 1. The van der Waals surface area contributed by atoms with Gasteiger partial charge in [0.25, 0.3) is 5.56 Å². The van der Waals surface area contributed by atoms with Crippen LogP contribution in [0.1, 0.15) is 50.6 Å². The molecule has 0 saturated heterocycles. The number of unbranched alkanes of at least 4 members (excludes halogenated alkanes) is 1. The number of H-pyrrole nitrogens is 1. The van der Waals surface area contributed by atoms with Gasteiger partial charge in [-0.05, 0) is 68.4 Å². The van der Waals surface area contributed by atoms with Crippen LogP contribution in [0.4, 0.5) is 0 Å². The minimum Gasteiger partial charge on any atom is -0.497 e. The number of rotatable bonds is 7. The highest BCUT2D eigenvalue weighted by atomic mass is 16.5. The van der Waals surface area contributed by atoms with E-state index in [-0.39, 0.29) is 5.56 Å². The standard InChI is InChI=1S/C19H24N2O2/c1-23-14-7-8-15-17(12-14)21-18(22)16(20-15)4-2-3-9-19(10-11-19)13-5-6-13/h7-8,12-13H,2-6,9-11H2,1H3,(H,21,22). The van der Waals surface area contributed by atoms with Crippen molar-refractivity contribution in [1.29, 1.82) is 0 Å². The number of hydrogen-bond acceptors (Lipinski definition) is 3. The van der Waals surface area contributed by atoms with E-state index in [9.17, 15) is 4.79 Å². The van der Waals surface area contributed by atoms with Crippen LogP contribution < -0.4 is 10.3 Å². The molecule has 0 atom stereocenters. The van der Waals surface area contributed by atoms with E-state index in [1.807, 2.05) is 18.2 Å². The Labute approximate surface area is 136 Å². The Bertz CT molecular complexity index is 773. The second-order valence-corrected chi connectivity index (χ2v) is 7.24. The summed E-state index contributed by atoms with van der Waals surface area (Å²) in [4.78, 5) is 19.7. The van der Waals surface area contributed by atoms with Gasteiger partial charge >= 0.3 is 0 Å². The smallest absolute Gasteiger partial charge is 0.270 e. The molecule has 0 radical (unpaired) electrons. The summed E-state index contributed by atoms with van der Waals surface area (Å²) in [5.74, 6) is 1.76. The van der Waals surface area contributed by atoms with Crippen LogP contribution >= 0.6 is 0 Å². The van der Waals surface area contributed by atoms with Gasteiger partial charge in [0.1, 0.15) is 11.4 Å². The molecule has 2 aliphatic carbocycles. The maximum atomic E-state index is 12.2. The lowest BCUT2D eigenvalue weighted by Crippen LogP contribution is -2.15. The molecule has 4 nitrogen and oxygen atoms in total. The van der Waals surface area contributed by atoms with E-state index in [1.165, 1.54) is 38.5 Å². The van der Waals surface area contributed by atoms with E-state index < -0.39 is 0 Å². The van der Waals surface area contributed by atoms with Crippen LogP contribution in [-0.4, -0.2) is 17.1 Å². The number of aromatic amines is 1. The molecule has 1 N–H and O–H groups in total. The maximum Gasteiger partial charge on any atom is 0.270 e. The number of benzene rings is 1. The molecule has 1 aromatic carbocycles. The number of ether oxygens (including phenoxy) is 1. The van der Waals surface area contributed by atoms with Gasteiger partial charge in [0.15, 0.2) is 0 Å². The summed E-state index contributed by atoms with van der Waals surface area (Å²) in [5, 5.41) is 0. The van der Waals surface area contributed by atoms with Crippen LogP contribution in [0.15, 0.2) is 23.0 Å². The van der Waals surface area contributed by atoms with Crippen molar-refractivity contribution >= 4 is 11.0 Å². The summed E-state index contributed by atoms with van der Waals surface area (Å²) in [6.45, 7) is 0. The molecular weight excluding hydrogens is 288 g/mol. The van der Waals surface area contributed by atoms with Crippen LogP contribution in [0.25, 0.3) is 11.0 Å². The molecule has 1 heterocycles. The van der Waals surface area contributed by atoms with Gasteiger partial charge in [0.05, 0.1) is 18.1 Å². The first kappa shape index (κ1) is 14.7. The molecule has 0 spiro atoms. The lowest BCUT2D eigenvalue weighted by atomic mass is 9.93. The fraction of sp³-hybridized carbons (Fsp3) is 0.579. The Hall–Kier alpha value is -1.84. The van der Waals surface area contributed by atoms with E-state index >= 15 is 0 Å². The molecule has 23 heavy (non-hydrogen) atoms. The van der Waals surface area contributed by atoms with Crippen LogP contribution in [0.5, 0.6) is 5.75 Å². The van der Waals surface area contributed by atoms with Crippen molar-refractivity contribution in [3.8, 4) is 5.75 Å². The quantitative estimate of drug-likeness (QED) is 0.790. The zero-order chi connectivity index (χ0) is 15.9. The summed E-state index contributed by atoms with van der Waals surface area (Å²) < 4.78 is 5.18. The Morgan fingerprint density at radius 1 is 1.30 bits per heavy atom. The second-order valence-electron chi connectivity index (χ2n) is 7.24. The number of hydrogen-bond donors (Lipinski definition) is 1. The number of nitrogens with one attached hydrogen (secondary N) is 1. The molecule has 2 saturated carbocycles. The number of aromatic nitrogens is 2. The molecule has 0 unspecified atom stereocenters. The first-order chi connectivity index (χ1) is 11.2. The van der Waals surface area contributed by atoms with Crippen molar-refractivity contribution in [3.05, 3.63) is 34.2 Å². The molecule has 1 aromatic heterocycles. The summed E-state index contributed by atoms with van der Waals surface area (Å²) in [5.41, 5.74) is 2.88. The van der Waals surface area contributed by atoms with E-state index in [4.69, 9.17) is 4.74 Å². The minimum atomic E-state index is -0.0610. The Balaban J connectivity index is 1.40. The average Bonchev–Trinajstić information content (AvgIpc) is 3.44. The van der Waals surface area contributed by atoms with Gasteiger partial charge in [0.2, 0.25) is 0 Å². The number of methoxy groups -OCH3 is 1. The monoisotopic (exact) mass is 312 g/mol. The molecule has 0 aliphatic heterocycles. The van der Waals surface area contributed by atoms with Gasteiger partial charge in [-0.15, -0.1) is 0 Å². The maximum absolute atomic E-state index is 12.2. The van der Waals surface area contributed by atoms with Gasteiger partial charge in [-0.1, -0.05) is 6.42 Å². The lowest BCUT2D eigenvalue weighted by molar-refractivity contribution is 0.385. The molecule has 122 valence electrons. The van der Waals surface area contributed by atoms with E-state index in [0.29, 0.717) is 11.1 Å². The first-order valence-corrected chi connectivity index (χ1v) is 8.77. The van der Waals surface area contributed by atoms with Crippen molar-refractivity contribution in [2.45, 2.75) is 51.4 Å². The highest BCUT2D eigenvalue weighted by Crippen LogP contribution is 2.63. The van der Waals surface area contributed by atoms with Crippen molar-refractivity contribution in [2.24, 2.45) is 11.3 Å². The summed E-state index contributed by atoms with van der Waals surface area (Å²) in [6, 6.07) is 5.60. The third-order valence-corrected chi connectivity index (χ3v) is 5.64. The van der Waals surface area contributed by atoms with Crippen molar-refractivity contribution < 1.29 is 4.74 Å². The molecule has 2 fully saturated rings. The second kappa shape index (κ2) is 5.66. The van der Waals surface area contributed by atoms with E-state index in [2.05, 4.69) is 9.97 Å². The molecule has 4 rings (SSSR count). The Kier molecular flexibility index (Phi) is 3.63. The largest absolute Gasteiger partial charge is 0.497 e. The van der Waals surface area contributed by atoms with Crippen LogP contribution in [0.3, 0.4) is 0 Å². The van der Waals surface area contributed by atoms with Crippen molar-refractivity contribution in [1.82, 2.24) is 9.97 Å². The zero-order valence-electron chi connectivity index (χ0n) is 13.7. The van der Waals surface area contributed by atoms with E-state index in [1.54, 1.807) is 7.11 Å². The Morgan fingerprint density at radius 3 is 2.83 bits per heavy atom. The summed E-state index contributed by atoms with van der Waals surface area (Å²) in [6.07, 6.45) is 10.2. The molecule has 0 bridgehead atoms. The Morgan fingerprint density at radius 2 is 2.13 bits per heavy atom. The average molecular weight is 312 g/mol. The fourth-order valence-electron chi connectivity index (χ4n) is 3.89. The fourth-order valence-corrected chi connectivity index (χ4v) is 3.89. The van der Waals surface area contributed by atoms with Gasteiger partial charge in [-0.2, -0.15) is 0 Å². The molecule has 2 aromatic rings. The predicted octanol–water partition coefficient (Wildman–Crippen LogP) is 3.83. The molecule has 0 amide bonds. The third kappa shape index (κ3) is 2.99. The molecule has 4 heteroatoms. The number of aryl methyl sites for hydroxylation is 1. The van der Waals surface area contributed by atoms with E-state index in [0.717, 1.165) is 35.5 Å². The lowest BCUT2D eigenvalue weighted by Gasteiger charge is -2.13. The normalized spacial score (nSPS) is 19.0. The van der Waals surface area contributed by atoms with Gasteiger partial charge < -0.3 is 9.72 Å². The SMILES string of the molecule is COc1ccc2nc(CCCCC3(C4CC4)CC3)c(=O)[nH]c2c1. The van der Waals surface area contributed by atoms with Crippen molar-refractivity contribution in [2.75, 3.05) is 7.11 Å². The van der Waals surface area contributed by atoms with Gasteiger partial charge in [-0.25, -0.2) is 4.98 Å². The summed E-state index contributed by atoms with van der Waals surface area (Å²) >= 11 is 0. The highest BCUT2D eigenvalue weighted by molar-refractivity contribution is 5.75. The highest BCUT2D eigenvalue weighted by Gasteiger charge is 2.52. The number of nitrogens with zero attached hydrogens (tertiary/aromatic N) is 1. The minimum absolute atomic E-state index is 0.0610.